The van der Waals surface area contributed by atoms with Crippen molar-refractivity contribution in [1.82, 2.24) is 19.7 Å². The number of carbonyl (C=O) groups is 3. The van der Waals surface area contributed by atoms with Crippen molar-refractivity contribution < 1.29 is 24.2 Å². The summed E-state index contributed by atoms with van der Waals surface area (Å²) in [6, 6.07) is 5.81. The van der Waals surface area contributed by atoms with E-state index in [1.54, 1.807) is 4.90 Å². The molecule has 2 amide bonds. The number of carboxylic acids is 1. The summed E-state index contributed by atoms with van der Waals surface area (Å²) in [5, 5.41) is 13.5. The highest BCUT2D eigenvalue weighted by Crippen LogP contribution is 2.44. The first-order chi connectivity index (χ1) is 15.5. The zero-order chi connectivity index (χ0) is 23.8. The summed E-state index contributed by atoms with van der Waals surface area (Å²) in [6.45, 7) is 7.74. The van der Waals surface area contributed by atoms with Crippen LogP contribution in [0.15, 0.2) is 12.1 Å². The maximum atomic E-state index is 13.0. The van der Waals surface area contributed by atoms with Gasteiger partial charge in [-0.1, -0.05) is 0 Å². The molecule has 33 heavy (non-hydrogen) atoms. The molecule has 1 fully saturated rings. The number of anilines is 1. The van der Waals surface area contributed by atoms with Crippen molar-refractivity contribution in [2.24, 2.45) is 11.7 Å². The molecule has 11 nitrogen and oxygen atoms in total. The number of hydrogen-bond donors (Lipinski definition) is 3. The second-order valence-electron chi connectivity index (χ2n) is 9.17. The maximum absolute atomic E-state index is 13.0. The van der Waals surface area contributed by atoms with Crippen LogP contribution in [0.3, 0.4) is 0 Å². The van der Waals surface area contributed by atoms with Crippen LogP contribution in [-0.4, -0.2) is 55.4 Å². The number of primary amides is 1. The van der Waals surface area contributed by atoms with Crippen LogP contribution in [0.4, 0.5) is 10.5 Å². The monoisotopic (exact) mass is 451 g/mol. The highest BCUT2D eigenvalue weighted by Gasteiger charge is 2.45. The number of aromatic nitrogens is 4. The Kier molecular flexibility index (Phi) is 4.41. The van der Waals surface area contributed by atoms with Crippen molar-refractivity contribution in [1.29, 1.82) is 0 Å². The smallest absolute Gasteiger partial charge is 0.339 e. The molecule has 2 unspecified atom stereocenters. The van der Waals surface area contributed by atoms with Gasteiger partial charge >= 0.3 is 12.0 Å². The third-order valence-corrected chi connectivity index (χ3v) is 6.32. The predicted molar refractivity (Wildman–Crippen MR) is 117 cm³/mol. The first-order valence-corrected chi connectivity index (χ1v) is 10.6. The van der Waals surface area contributed by atoms with Crippen molar-refractivity contribution in [2.75, 3.05) is 11.5 Å². The Hall–Kier alpha value is -3.73. The molecule has 0 saturated carbocycles. The summed E-state index contributed by atoms with van der Waals surface area (Å²) >= 11 is 0. The van der Waals surface area contributed by atoms with E-state index in [-0.39, 0.29) is 29.9 Å². The number of carbonyl (C=O) groups excluding carboxylic acids is 2. The lowest BCUT2D eigenvalue weighted by atomic mass is 9.86. The summed E-state index contributed by atoms with van der Waals surface area (Å²) in [4.78, 5) is 45.8. The van der Waals surface area contributed by atoms with Crippen molar-refractivity contribution in [3.8, 4) is 11.5 Å². The zero-order valence-electron chi connectivity index (χ0n) is 18.5. The first-order valence-electron chi connectivity index (χ1n) is 10.6. The van der Waals surface area contributed by atoms with Crippen molar-refractivity contribution in [3.05, 3.63) is 29.5 Å². The Morgan fingerprint density at radius 3 is 2.67 bits per heavy atom. The van der Waals surface area contributed by atoms with Gasteiger partial charge in [-0.3, -0.25) is 9.59 Å². The van der Waals surface area contributed by atoms with E-state index < -0.39 is 29.4 Å². The number of carboxylic acid groups (broad SMARTS) is 1. The lowest BCUT2D eigenvalue weighted by Crippen LogP contribution is -2.40. The minimum absolute atomic E-state index is 0.0132. The van der Waals surface area contributed by atoms with Crippen LogP contribution >= 0.6 is 0 Å². The molecule has 2 aliphatic rings. The Morgan fingerprint density at radius 2 is 2.09 bits per heavy atom. The molecule has 1 radical (unpaired) electrons. The number of amides is 2. The summed E-state index contributed by atoms with van der Waals surface area (Å²) in [6.07, 6.45) is -0.879. The number of rotatable bonds is 4. The first kappa shape index (κ1) is 21.1. The van der Waals surface area contributed by atoms with Crippen molar-refractivity contribution in [2.45, 2.75) is 45.3 Å². The van der Waals surface area contributed by atoms with Gasteiger partial charge in [-0.2, -0.15) is 9.78 Å². The number of hydrogen-bond acceptors (Lipinski definition) is 6. The van der Waals surface area contributed by atoms with E-state index in [0.29, 0.717) is 16.9 Å². The van der Waals surface area contributed by atoms with E-state index >= 15 is 0 Å². The predicted octanol–water partition coefficient (Wildman–Crippen LogP) is 1.96. The Balaban J connectivity index is 1.60. The van der Waals surface area contributed by atoms with E-state index in [9.17, 15) is 19.5 Å². The van der Waals surface area contributed by atoms with Gasteiger partial charge in [-0.25, -0.2) is 9.78 Å². The van der Waals surface area contributed by atoms with E-state index in [4.69, 9.17) is 10.5 Å². The van der Waals surface area contributed by atoms with Crippen molar-refractivity contribution in [3.63, 3.8) is 0 Å². The second kappa shape index (κ2) is 6.88. The molecule has 171 valence electrons. The number of H-pyrrole nitrogens is 1. The molecule has 3 aromatic rings. The third kappa shape index (κ3) is 2.95. The number of aromatic amines is 1. The highest BCUT2D eigenvalue weighted by molar-refractivity contribution is 6.09. The van der Waals surface area contributed by atoms with E-state index in [0.717, 1.165) is 15.9 Å². The number of benzene rings is 1. The molecule has 4 heterocycles. The van der Waals surface area contributed by atoms with E-state index in [2.05, 4.69) is 21.1 Å². The zero-order valence-corrected chi connectivity index (χ0v) is 18.5. The fourth-order valence-electron chi connectivity index (χ4n) is 4.47. The molecule has 4 N–H and O–H groups in total. The van der Waals surface area contributed by atoms with Crippen LogP contribution in [0.2, 0.25) is 0 Å². The van der Waals surface area contributed by atoms with Gasteiger partial charge in [0, 0.05) is 12.1 Å². The van der Waals surface area contributed by atoms with Gasteiger partial charge in [0.05, 0.1) is 34.4 Å². The molecule has 0 aliphatic carbocycles. The maximum Gasteiger partial charge on any atom is 0.339 e. The average molecular weight is 451 g/mol. The van der Waals surface area contributed by atoms with E-state index in [1.807, 2.05) is 39.8 Å². The summed E-state index contributed by atoms with van der Waals surface area (Å²) in [5.41, 5.74) is 8.12. The standard InChI is InChI=1S/C22H23N6O5/c1-9(2)27-15-6-13-12(5-11(15)22(3,4)20(27)31)24-18(25-13)14-7-16(28(26-14)21(23)32)17-10(8-33-17)19(29)30/h5-6,9-10,17H,8H2,1-4H3,(H2,23,32)(H,24,25)(H,29,30). The van der Waals surface area contributed by atoms with Gasteiger partial charge in [-0.05, 0) is 45.4 Å². The summed E-state index contributed by atoms with van der Waals surface area (Å²) in [7, 11) is 0. The fourth-order valence-corrected chi connectivity index (χ4v) is 4.47. The van der Waals surface area contributed by atoms with Crippen LogP contribution in [0, 0.1) is 12.0 Å². The Morgan fingerprint density at radius 1 is 1.36 bits per heavy atom. The molecule has 11 heteroatoms. The normalized spacial score (nSPS) is 21.5. The average Bonchev–Trinajstić information content (AvgIpc) is 3.33. The Bertz CT molecular complexity index is 1340. The summed E-state index contributed by atoms with van der Waals surface area (Å²) in [5.74, 6) is -1.48. The van der Waals surface area contributed by atoms with Gasteiger partial charge < -0.3 is 25.5 Å². The minimum atomic E-state index is -1.04. The van der Waals surface area contributed by atoms with Crippen molar-refractivity contribution >= 4 is 34.6 Å². The van der Waals surface area contributed by atoms with Crippen LogP contribution in [0.1, 0.15) is 45.1 Å². The van der Waals surface area contributed by atoms with Gasteiger partial charge in [0.15, 0.2) is 5.82 Å². The Labute approximate surface area is 188 Å². The molecule has 5 rings (SSSR count). The molecule has 1 aromatic carbocycles. The molecular weight excluding hydrogens is 428 g/mol. The van der Waals surface area contributed by atoms with Crippen LogP contribution < -0.4 is 10.6 Å². The third-order valence-electron chi connectivity index (χ3n) is 6.32. The number of imidazole rings is 1. The van der Waals surface area contributed by atoms with Gasteiger partial charge in [0.1, 0.15) is 17.7 Å². The lowest BCUT2D eigenvalue weighted by molar-refractivity contribution is -0.175. The number of ether oxygens (including phenoxy) is 1. The molecule has 1 saturated heterocycles. The lowest BCUT2D eigenvalue weighted by Gasteiger charge is -2.33. The fraction of sp³-hybridized carbons (Fsp3) is 0.409. The quantitative estimate of drug-likeness (QED) is 0.547. The number of nitrogens with one attached hydrogen (secondary N) is 1. The van der Waals surface area contributed by atoms with E-state index in [1.165, 1.54) is 0 Å². The molecule has 2 aromatic heterocycles. The van der Waals surface area contributed by atoms with Gasteiger partial charge in [0.25, 0.3) is 0 Å². The topological polar surface area (TPSA) is 156 Å². The summed E-state index contributed by atoms with van der Waals surface area (Å²) < 4.78 is 6.26. The van der Waals surface area contributed by atoms with Crippen LogP contribution in [0.25, 0.3) is 22.6 Å². The molecular formula is C22H23N6O5. The van der Waals surface area contributed by atoms with Crippen LogP contribution in [0.5, 0.6) is 0 Å². The SMILES string of the molecule is CC(C)N1C(=O)C(C)(C)c2cc3[nH]c(-c4[c]c(C5OCC5C(=O)O)n(C(N)=O)n4)nc3cc21. The minimum Gasteiger partial charge on any atom is -0.481 e. The largest absolute Gasteiger partial charge is 0.481 e. The molecule has 2 aliphatic heterocycles. The molecule has 0 bridgehead atoms. The molecule has 2 atom stereocenters. The second-order valence-corrected chi connectivity index (χ2v) is 9.17. The number of nitrogens with zero attached hydrogens (tertiary/aromatic N) is 4. The number of aliphatic carboxylic acids is 1. The van der Waals surface area contributed by atoms with Crippen LogP contribution in [-0.2, 0) is 19.7 Å². The highest BCUT2D eigenvalue weighted by atomic mass is 16.5. The van der Waals surface area contributed by atoms with Gasteiger partial charge in [0.2, 0.25) is 5.91 Å². The number of fused-ring (bicyclic) bond motifs is 2. The van der Waals surface area contributed by atoms with Gasteiger partial charge in [-0.15, -0.1) is 0 Å². The number of nitrogens with two attached hydrogens (primary N) is 1. The molecule has 0 spiro atoms.